The third-order valence-electron chi connectivity index (χ3n) is 6.04. The minimum absolute atomic E-state index is 0.0575. The monoisotopic (exact) mass is 507 g/mol. The molecule has 0 aromatic heterocycles. The second kappa shape index (κ2) is 11.4. The molecule has 1 heterocycles. The largest absolute Gasteiger partial charge is 0.496 e. The number of hydrogen-bond acceptors (Lipinski definition) is 5. The number of methoxy groups -OCH3 is 1. The van der Waals surface area contributed by atoms with Crippen molar-refractivity contribution in [1.29, 1.82) is 0 Å². The molecule has 0 atom stereocenters. The summed E-state index contributed by atoms with van der Waals surface area (Å²) in [6.07, 6.45) is 0. The van der Waals surface area contributed by atoms with Crippen molar-refractivity contribution in [2.24, 2.45) is 0 Å². The van der Waals surface area contributed by atoms with Gasteiger partial charge in [0.05, 0.1) is 12.7 Å². The Hall–Kier alpha value is -3.71. The highest BCUT2D eigenvalue weighted by Crippen LogP contribution is 2.26. The Labute approximate surface area is 216 Å². The van der Waals surface area contributed by atoms with E-state index in [9.17, 15) is 9.59 Å². The number of benzene rings is 3. The van der Waals surface area contributed by atoms with Crippen LogP contribution in [0.3, 0.4) is 0 Å². The molecule has 1 fully saturated rings. The van der Waals surface area contributed by atoms with Crippen molar-refractivity contribution in [3.63, 3.8) is 0 Å². The lowest BCUT2D eigenvalue weighted by Crippen LogP contribution is -2.48. The van der Waals surface area contributed by atoms with Crippen molar-refractivity contribution in [3.05, 3.63) is 82.4 Å². The maximum Gasteiger partial charge on any atom is 0.262 e. The molecule has 3 aromatic rings. The molecule has 7 nitrogen and oxygen atoms in total. The van der Waals surface area contributed by atoms with Gasteiger partial charge in [0, 0.05) is 42.6 Å². The van der Waals surface area contributed by atoms with Crippen LogP contribution in [-0.2, 0) is 4.79 Å². The first kappa shape index (κ1) is 25.4. The zero-order valence-corrected chi connectivity index (χ0v) is 21.5. The highest BCUT2D eigenvalue weighted by molar-refractivity contribution is 6.31. The lowest BCUT2D eigenvalue weighted by molar-refractivity contribution is -0.118. The third kappa shape index (κ3) is 6.29. The van der Waals surface area contributed by atoms with Crippen LogP contribution in [0.5, 0.6) is 11.5 Å². The fraction of sp³-hybridized carbons (Fsp3) is 0.286. The minimum Gasteiger partial charge on any atom is -0.496 e. The zero-order chi connectivity index (χ0) is 25.7. The first-order valence-electron chi connectivity index (χ1n) is 11.8. The number of halogens is 1. The summed E-state index contributed by atoms with van der Waals surface area (Å²) >= 11 is 6.09. The van der Waals surface area contributed by atoms with Gasteiger partial charge in [-0.15, -0.1) is 0 Å². The van der Waals surface area contributed by atoms with E-state index in [0.717, 1.165) is 16.8 Å². The van der Waals surface area contributed by atoms with Gasteiger partial charge in [0.25, 0.3) is 11.8 Å². The third-order valence-corrected chi connectivity index (χ3v) is 6.28. The van der Waals surface area contributed by atoms with Crippen molar-refractivity contribution in [3.8, 4) is 11.5 Å². The van der Waals surface area contributed by atoms with E-state index in [1.165, 1.54) is 0 Å². The molecule has 1 N–H and O–H groups in total. The molecule has 188 valence electrons. The summed E-state index contributed by atoms with van der Waals surface area (Å²) in [7, 11) is 1.54. The van der Waals surface area contributed by atoms with Gasteiger partial charge in [-0.25, -0.2) is 0 Å². The van der Waals surface area contributed by atoms with Crippen molar-refractivity contribution < 1.29 is 19.1 Å². The molecule has 36 heavy (non-hydrogen) atoms. The second-order valence-electron chi connectivity index (χ2n) is 8.83. The predicted octanol–water partition coefficient (Wildman–Crippen LogP) is 4.95. The molecule has 0 unspecified atom stereocenters. The number of aryl methyl sites for hydroxylation is 2. The number of nitrogens with one attached hydrogen (secondary N) is 1. The summed E-state index contributed by atoms with van der Waals surface area (Å²) in [5.74, 6) is 0.897. The van der Waals surface area contributed by atoms with E-state index >= 15 is 0 Å². The van der Waals surface area contributed by atoms with Crippen molar-refractivity contribution >= 4 is 34.8 Å². The van der Waals surface area contributed by atoms with E-state index in [4.69, 9.17) is 21.1 Å². The topological polar surface area (TPSA) is 71.1 Å². The van der Waals surface area contributed by atoms with E-state index < -0.39 is 0 Å². The van der Waals surface area contributed by atoms with E-state index in [0.29, 0.717) is 54.0 Å². The van der Waals surface area contributed by atoms with Crippen molar-refractivity contribution in [2.45, 2.75) is 13.8 Å². The van der Waals surface area contributed by atoms with E-state index in [-0.39, 0.29) is 18.4 Å². The molecular weight excluding hydrogens is 478 g/mol. The molecule has 1 aliphatic heterocycles. The highest BCUT2D eigenvalue weighted by Gasteiger charge is 2.24. The smallest absolute Gasteiger partial charge is 0.262 e. The van der Waals surface area contributed by atoms with Crippen molar-refractivity contribution in [1.82, 2.24) is 4.90 Å². The fourth-order valence-corrected chi connectivity index (χ4v) is 4.48. The van der Waals surface area contributed by atoms with Gasteiger partial charge < -0.3 is 24.6 Å². The van der Waals surface area contributed by atoms with Crippen LogP contribution in [0.25, 0.3) is 0 Å². The van der Waals surface area contributed by atoms with Gasteiger partial charge in [0.2, 0.25) is 0 Å². The number of amides is 2. The quantitative estimate of drug-likeness (QED) is 0.490. The van der Waals surface area contributed by atoms with E-state index in [1.807, 2.05) is 55.1 Å². The van der Waals surface area contributed by atoms with Gasteiger partial charge in [0.15, 0.2) is 6.61 Å². The Morgan fingerprint density at radius 2 is 1.58 bits per heavy atom. The number of anilines is 2. The number of carbonyl (C=O) groups excluding carboxylic acids is 2. The molecule has 1 aliphatic rings. The number of nitrogens with zero attached hydrogens (tertiary/aromatic N) is 2. The minimum atomic E-state index is -0.217. The van der Waals surface area contributed by atoms with Crippen LogP contribution in [0.2, 0.25) is 5.02 Å². The number of rotatable bonds is 7. The van der Waals surface area contributed by atoms with Crippen molar-refractivity contribution in [2.75, 3.05) is 50.1 Å². The number of hydrogen-bond donors (Lipinski definition) is 1. The van der Waals surface area contributed by atoms with Crippen LogP contribution in [0.1, 0.15) is 21.5 Å². The summed E-state index contributed by atoms with van der Waals surface area (Å²) in [5, 5.41) is 3.37. The molecule has 0 aliphatic carbocycles. The maximum absolute atomic E-state index is 13.0. The van der Waals surface area contributed by atoms with Crippen LogP contribution in [0.15, 0.2) is 60.7 Å². The Balaban J connectivity index is 1.28. The van der Waals surface area contributed by atoms with Gasteiger partial charge >= 0.3 is 0 Å². The normalized spacial score (nSPS) is 13.3. The Kier molecular flexibility index (Phi) is 8.00. The standard InChI is InChI=1S/C28H30ClN3O4/c1-19-14-20(2)16-24(15-19)36-18-27(33)30-22-5-7-23(8-6-22)31-10-12-32(13-11-31)28(34)25-17-21(29)4-9-26(25)35-3/h4-9,14-17H,10-13,18H2,1-3H3,(H,30,33). The number of carbonyl (C=O) groups is 2. The Bertz CT molecular complexity index is 1220. The first-order chi connectivity index (χ1) is 17.3. The zero-order valence-electron chi connectivity index (χ0n) is 20.7. The van der Waals surface area contributed by atoms with Crippen LogP contribution in [0.4, 0.5) is 11.4 Å². The lowest BCUT2D eigenvalue weighted by Gasteiger charge is -2.36. The average Bonchev–Trinajstić information content (AvgIpc) is 2.87. The molecule has 0 saturated carbocycles. The predicted molar refractivity (Wildman–Crippen MR) is 143 cm³/mol. The Morgan fingerprint density at radius 3 is 2.22 bits per heavy atom. The highest BCUT2D eigenvalue weighted by atomic mass is 35.5. The Morgan fingerprint density at radius 1 is 0.917 bits per heavy atom. The molecule has 2 amide bonds. The van der Waals surface area contributed by atoms with Gasteiger partial charge in [-0.2, -0.15) is 0 Å². The molecule has 0 bridgehead atoms. The van der Waals surface area contributed by atoms with E-state index in [1.54, 1.807) is 25.3 Å². The molecule has 0 radical (unpaired) electrons. The van der Waals surface area contributed by atoms with Crippen LogP contribution in [-0.4, -0.2) is 56.6 Å². The molecule has 3 aromatic carbocycles. The molecule has 8 heteroatoms. The molecule has 0 spiro atoms. The average molecular weight is 508 g/mol. The number of piperazine rings is 1. The molecule has 1 saturated heterocycles. The van der Waals surface area contributed by atoms with Gasteiger partial charge in [0.1, 0.15) is 11.5 Å². The number of ether oxygens (including phenoxy) is 2. The van der Waals surface area contributed by atoms with Gasteiger partial charge in [-0.3, -0.25) is 9.59 Å². The lowest BCUT2D eigenvalue weighted by atomic mass is 10.1. The molecule has 4 rings (SSSR count). The summed E-state index contributed by atoms with van der Waals surface area (Å²) < 4.78 is 11.0. The van der Waals surface area contributed by atoms with E-state index in [2.05, 4.69) is 16.3 Å². The van der Waals surface area contributed by atoms with Crippen LogP contribution in [0, 0.1) is 13.8 Å². The van der Waals surface area contributed by atoms with Crippen LogP contribution < -0.4 is 19.7 Å². The van der Waals surface area contributed by atoms with Gasteiger partial charge in [-0.05, 0) is 79.6 Å². The first-order valence-corrected chi connectivity index (χ1v) is 12.2. The second-order valence-corrected chi connectivity index (χ2v) is 9.27. The summed E-state index contributed by atoms with van der Waals surface area (Å²) in [4.78, 5) is 29.4. The summed E-state index contributed by atoms with van der Waals surface area (Å²) in [5.41, 5.74) is 4.40. The van der Waals surface area contributed by atoms with Gasteiger partial charge in [-0.1, -0.05) is 17.7 Å². The maximum atomic E-state index is 13.0. The van der Waals surface area contributed by atoms with Crippen LogP contribution >= 0.6 is 11.6 Å². The summed E-state index contributed by atoms with van der Waals surface area (Å²) in [6.45, 7) is 6.50. The fourth-order valence-electron chi connectivity index (χ4n) is 4.30. The SMILES string of the molecule is COc1ccc(Cl)cc1C(=O)N1CCN(c2ccc(NC(=O)COc3cc(C)cc(C)c3)cc2)CC1. The molecular formula is C28H30ClN3O4. The summed E-state index contributed by atoms with van der Waals surface area (Å²) in [6, 6.07) is 18.6.